The lowest BCUT2D eigenvalue weighted by molar-refractivity contribution is -0.149. The number of hydrogen-bond acceptors (Lipinski definition) is 4. The molecule has 0 saturated heterocycles. The summed E-state index contributed by atoms with van der Waals surface area (Å²) in [4.78, 5) is 12.6. The first kappa shape index (κ1) is 24.8. The van der Waals surface area contributed by atoms with Crippen LogP contribution in [0.25, 0.3) is 0 Å². The summed E-state index contributed by atoms with van der Waals surface area (Å²) < 4.78 is 5.26. The number of rotatable bonds is 13. The van der Waals surface area contributed by atoms with Crippen molar-refractivity contribution in [1.82, 2.24) is 0 Å². The number of aliphatic hydroxyl groups excluding tert-OH is 2. The predicted molar refractivity (Wildman–Crippen MR) is 121 cm³/mol. The van der Waals surface area contributed by atoms with Gasteiger partial charge in [0.1, 0.15) is 28.4 Å². The quantitative estimate of drug-likeness (QED) is 0.209. The van der Waals surface area contributed by atoms with E-state index in [9.17, 15) is 9.90 Å². The number of unbranched alkanes of at least 4 members (excludes halogenated alkanes) is 5. The molecule has 25 heavy (non-hydrogen) atoms. The molecule has 0 saturated carbocycles. The zero-order chi connectivity index (χ0) is 19.7. The van der Waals surface area contributed by atoms with Crippen molar-refractivity contribution >= 4 is 53.0 Å². The van der Waals surface area contributed by atoms with Crippen LogP contribution in [-0.2, 0) is 9.53 Å². The van der Waals surface area contributed by atoms with E-state index in [0.717, 1.165) is 6.42 Å². The molecule has 0 rings (SSSR count). The first-order valence-electron chi connectivity index (χ1n) is 9.90. The standard InChI is InChI=1S/C15H36B6O4/c1-2-3-4-5-6-7-8-13(16,17)15(20,21)14(18,19)12(24)25-10-11(23)9-22/h11,22-23H,2-10,16-21H2,1H3. The van der Waals surface area contributed by atoms with Crippen LogP contribution < -0.4 is 0 Å². The van der Waals surface area contributed by atoms with E-state index < -0.39 is 17.9 Å². The van der Waals surface area contributed by atoms with Crippen molar-refractivity contribution in [2.75, 3.05) is 13.2 Å². The smallest absolute Gasteiger partial charge is 0.295 e. The fourth-order valence-electron chi connectivity index (χ4n) is 3.17. The Morgan fingerprint density at radius 2 is 1.52 bits per heavy atom. The molecule has 0 aliphatic carbocycles. The highest BCUT2D eigenvalue weighted by Gasteiger charge is 2.51. The molecule has 1 unspecified atom stereocenters. The minimum absolute atomic E-state index is 0.0180. The van der Waals surface area contributed by atoms with Crippen LogP contribution in [0.5, 0.6) is 0 Å². The van der Waals surface area contributed by atoms with E-state index in [0.29, 0.717) is 0 Å². The van der Waals surface area contributed by atoms with Crippen LogP contribution in [0.3, 0.4) is 0 Å². The highest BCUT2D eigenvalue weighted by Crippen LogP contribution is 2.58. The van der Waals surface area contributed by atoms with Crippen molar-refractivity contribution in [2.24, 2.45) is 0 Å². The molecule has 0 aliphatic heterocycles. The third-order valence-electron chi connectivity index (χ3n) is 6.54. The lowest BCUT2D eigenvalue weighted by atomic mass is 9.17. The molecule has 0 spiro atoms. The first-order chi connectivity index (χ1) is 11.4. The molecule has 0 heterocycles. The largest absolute Gasteiger partial charge is 0.463 e. The number of esters is 1. The van der Waals surface area contributed by atoms with E-state index in [2.05, 4.69) is 38.3 Å². The van der Waals surface area contributed by atoms with Crippen molar-refractivity contribution < 1.29 is 19.7 Å². The van der Waals surface area contributed by atoms with E-state index >= 15 is 0 Å². The highest BCUT2D eigenvalue weighted by atomic mass is 16.5. The molecule has 4 nitrogen and oxygen atoms in total. The average Bonchev–Trinajstić information content (AvgIpc) is 2.54. The fraction of sp³-hybridized carbons (Fsp3) is 0.933. The van der Waals surface area contributed by atoms with Crippen LogP contribution in [0.15, 0.2) is 0 Å². The molecule has 10 heteroatoms. The summed E-state index contributed by atoms with van der Waals surface area (Å²) in [5, 5.41) is 17.3. The van der Waals surface area contributed by atoms with E-state index in [4.69, 9.17) is 9.84 Å². The maximum Gasteiger partial charge on any atom is 0.295 e. The molecule has 0 aromatic rings. The highest BCUT2D eigenvalue weighted by molar-refractivity contribution is 6.65. The van der Waals surface area contributed by atoms with E-state index in [1.165, 1.54) is 38.5 Å². The number of carbonyl (C=O) groups excluding carboxylic acids is 1. The second-order valence-electron chi connectivity index (χ2n) is 9.09. The SMILES string of the molecule is BC(B)(CCCCCCCC)C(B)(B)C(B)(B)C(=O)OCC(O)CO. The Labute approximate surface area is 160 Å². The topological polar surface area (TPSA) is 66.8 Å². The molecule has 0 aromatic heterocycles. The van der Waals surface area contributed by atoms with Crippen molar-refractivity contribution in [2.45, 2.75) is 73.6 Å². The van der Waals surface area contributed by atoms with Crippen molar-refractivity contribution in [3.05, 3.63) is 0 Å². The van der Waals surface area contributed by atoms with Crippen LogP contribution >= 0.6 is 0 Å². The first-order valence-corrected chi connectivity index (χ1v) is 9.90. The molecule has 2 N–H and O–H groups in total. The second kappa shape index (κ2) is 10.8. The van der Waals surface area contributed by atoms with Gasteiger partial charge < -0.3 is 14.9 Å². The lowest BCUT2D eigenvalue weighted by Crippen LogP contribution is -2.48. The molecule has 1 atom stereocenters. The van der Waals surface area contributed by atoms with Gasteiger partial charge in [0.25, 0.3) is 5.97 Å². The van der Waals surface area contributed by atoms with Crippen molar-refractivity contribution in [1.29, 1.82) is 0 Å². The van der Waals surface area contributed by atoms with Gasteiger partial charge in [-0.15, -0.1) is 0 Å². The molecule has 138 valence electrons. The van der Waals surface area contributed by atoms with E-state index in [1.807, 2.05) is 15.7 Å². The molecular weight excluding hydrogens is 309 g/mol. The zero-order valence-corrected chi connectivity index (χ0v) is 17.7. The fourth-order valence-corrected chi connectivity index (χ4v) is 3.17. The summed E-state index contributed by atoms with van der Waals surface area (Å²) in [6.45, 7) is 1.67. The van der Waals surface area contributed by atoms with Gasteiger partial charge in [0.2, 0.25) is 0 Å². The van der Waals surface area contributed by atoms with Crippen LogP contribution in [0.4, 0.5) is 0 Å². The van der Waals surface area contributed by atoms with Gasteiger partial charge in [0.15, 0.2) is 0 Å². The Bertz CT molecular complexity index is 403. The van der Waals surface area contributed by atoms with Crippen LogP contribution in [0, 0.1) is 0 Å². The molecule has 0 radical (unpaired) electrons. The molecule has 0 aliphatic rings. The summed E-state index contributed by atoms with van der Waals surface area (Å²) in [6.07, 6.45) is 7.65. The van der Waals surface area contributed by atoms with Gasteiger partial charge in [-0.1, -0.05) is 62.3 Å². The summed E-state index contributed by atoms with van der Waals surface area (Å²) >= 11 is 0. The number of ether oxygens (including phenoxy) is 1. The third kappa shape index (κ3) is 7.13. The molecule has 0 amide bonds. The van der Waals surface area contributed by atoms with E-state index in [1.54, 1.807) is 0 Å². The number of carbonyl (C=O) groups is 1. The molecule has 0 bridgehead atoms. The second-order valence-corrected chi connectivity index (χ2v) is 9.09. The maximum atomic E-state index is 12.6. The number of aliphatic hydroxyl groups is 2. The van der Waals surface area contributed by atoms with Gasteiger partial charge in [0.05, 0.1) is 38.0 Å². The van der Waals surface area contributed by atoms with Gasteiger partial charge in [0, 0.05) is 5.21 Å². The number of hydrogen-bond donors (Lipinski definition) is 2. The van der Waals surface area contributed by atoms with Gasteiger partial charge in [-0.2, -0.15) is 0 Å². The Morgan fingerprint density at radius 3 is 2.04 bits per heavy atom. The Kier molecular flexibility index (Phi) is 10.7. The third-order valence-corrected chi connectivity index (χ3v) is 6.54. The Balaban J connectivity index is 4.76. The van der Waals surface area contributed by atoms with Crippen LogP contribution in [0.2, 0.25) is 15.6 Å². The van der Waals surface area contributed by atoms with E-state index in [-0.39, 0.29) is 23.0 Å². The maximum absolute atomic E-state index is 12.6. The lowest BCUT2D eigenvalue weighted by Gasteiger charge is -2.52. The minimum atomic E-state index is -1.01. The van der Waals surface area contributed by atoms with Crippen LogP contribution in [0.1, 0.15) is 51.9 Å². The monoisotopic (exact) mass is 346 g/mol. The molecular formula is C15H36B6O4. The zero-order valence-electron chi connectivity index (χ0n) is 17.7. The normalized spacial score (nSPS) is 14.2. The summed E-state index contributed by atoms with van der Waals surface area (Å²) in [5.41, 5.74) is 0. The van der Waals surface area contributed by atoms with Crippen LogP contribution in [-0.4, -0.2) is 82.6 Å². The summed E-state index contributed by atoms with van der Waals surface area (Å²) in [5.74, 6) is -0.318. The average molecular weight is 345 g/mol. The molecule has 0 aromatic carbocycles. The van der Waals surface area contributed by atoms with Gasteiger partial charge in [-0.25, -0.2) is 0 Å². The van der Waals surface area contributed by atoms with Crippen molar-refractivity contribution in [3.63, 3.8) is 0 Å². The summed E-state index contributed by atoms with van der Waals surface area (Å²) in [6, 6.07) is 0. The predicted octanol–water partition coefficient (Wildman–Crippen LogP) is -3.22. The van der Waals surface area contributed by atoms with Gasteiger partial charge in [-0.3, -0.25) is 4.79 Å². The Morgan fingerprint density at radius 1 is 1.00 bits per heavy atom. The van der Waals surface area contributed by atoms with Crippen molar-refractivity contribution in [3.8, 4) is 0 Å². The van der Waals surface area contributed by atoms with Gasteiger partial charge >= 0.3 is 0 Å². The Hall–Kier alpha value is -0.220. The van der Waals surface area contributed by atoms with Gasteiger partial charge in [-0.05, 0) is 0 Å². The molecule has 0 fully saturated rings. The summed E-state index contributed by atoms with van der Waals surface area (Å²) in [7, 11) is 12.6. The minimum Gasteiger partial charge on any atom is -0.463 e.